The predicted octanol–water partition coefficient (Wildman–Crippen LogP) is 1.95. The molecule has 5 nitrogen and oxygen atoms in total. The summed E-state index contributed by atoms with van der Waals surface area (Å²) in [5, 5.41) is 6.65. The normalized spacial score (nSPS) is 23.0. The van der Waals surface area contributed by atoms with Crippen molar-refractivity contribution in [2.75, 3.05) is 24.6 Å². The Morgan fingerprint density at radius 1 is 1.33 bits per heavy atom. The zero-order valence-electron chi connectivity index (χ0n) is 13.7. The molecular formula is C15H31N3O2S. The molecule has 0 spiro atoms. The number of sulfone groups is 1. The van der Waals surface area contributed by atoms with Crippen LogP contribution in [0.15, 0.2) is 4.99 Å². The number of hydrogen-bond acceptors (Lipinski definition) is 3. The molecule has 0 amide bonds. The average Bonchev–Trinajstić information content (AvgIpc) is 2.76. The van der Waals surface area contributed by atoms with E-state index in [-0.39, 0.29) is 5.92 Å². The molecule has 0 bridgehead atoms. The Bertz CT molecular complexity index is 421. The largest absolute Gasteiger partial charge is 0.357 e. The maximum absolute atomic E-state index is 11.5. The van der Waals surface area contributed by atoms with Gasteiger partial charge in [-0.2, -0.15) is 0 Å². The number of nitrogens with one attached hydrogen (secondary N) is 2. The third kappa shape index (κ3) is 7.69. The lowest BCUT2D eigenvalue weighted by Gasteiger charge is -2.18. The molecule has 2 atom stereocenters. The van der Waals surface area contributed by atoms with Crippen molar-refractivity contribution >= 4 is 15.8 Å². The lowest BCUT2D eigenvalue weighted by atomic mass is 10.1. The molecule has 0 aliphatic carbocycles. The summed E-state index contributed by atoms with van der Waals surface area (Å²) in [6, 6.07) is 0.390. The van der Waals surface area contributed by atoms with Crippen molar-refractivity contribution in [1.82, 2.24) is 10.6 Å². The summed E-state index contributed by atoms with van der Waals surface area (Å²) >= 11 is 0. The molecule has 1 heterocycles. The molecule has 1 saturated heterocycles. The molecule has 0 saturated carbocycles. The lowest BCUT2D eigenvalue weighted by Crippen LogP contribution is -2.42. The summed E-state index contributed by atoms with van der Waals surface area (Å²) < 4.78 is 22.9. The summed E-state index contributed by atoms with van der Waals surface area (Å²) in [7, 11) is -2.80. The molecule has 1 rings (SSSR count). The summed E-state index contributed by atoms with van der Waals surface area (Å²) in [6.45, 7) is 7.83. The fraction of sp³-hybridized carbons (Fsp3) is 0.933. The standard InChI is InChI=1S/C15H31N3O2S/c1-4-6-7-8-13(3)18-15(16-5-2)17-11-14-9-10-21(19,20)12-14/h13-14H,4-12H2,1-3H3,(H2,16,17,18). The molecule has 21 heavy (non-hydrogen) atoms. The van der Waals surface area contributed by atoms with Gasteiger partial charge in [-0.1, -0.05) is 26.2 Å². The molecule has 0 radical (unpaired) electrons. The second-order valence-corrected chi connectivity index (χ2v) is 8.26. The molecular weight excluding hydrogens is 286 g/mol. The van der Waals surface area contributed by atoms with Gasteiger partial charge >= 0.3 is 0 Å². The number of guanidine groups is 1. The highest BCUT2D eigenvalue weighted by Gasteiger charge is 2.27. The van der Waals surface area contributed by atoms with Crippen molar-refractivity contribution in [3.05, 3.63) is 0 Å². The van der Waals surface area contributed by atoms with Gasteiger partial charge in [0.2, 0.25) is 0 Å². The Morgan fingerprint density at radius 3 is 2.67 bits per heavy atom. The Hall–Kier alpha value is -0.780. The molecule has 2 N–H and O–H groups in total. The van der Waals surface area contributed by atoms with Gasteiger partial charge in [0.15, 0.2) is 15.8 Å². The van der Waals surface area contributed by atoms with Crippen molar-refractivity contribution in [1.29, 1.82) is 0 Å². The minimum Gasteiger partial charge on any atom is -0.357 e. The number of rotatable bonds is 8. The topological polar surface area (TPSA) is 70.6 Å². The van der Waals surface area contributed by atoms with E-state index < -0.39 is 9.84 Å². The number of hydrogen-bond donors (Lipinski definition) is 2. The monoisotopic (exact) mass is 317 g/mol. The van der Waals surface area contributed by atoms with Crippen LogP contribution in [0.3, 0.4) is 0 Å². The molecule has 0 aromatic heterocycles. The molecule has 1 aliphatic heterocycles. The quantitative estimate of drug-likeness (QED) is 0.408. The molecule has 0 aromatic carbocycles. The van der Waals surface area contributed by atoms with Gasteiger partial charge in [-0.25, -0.2) is 8.42 Å². The zero-order chi connectivity index (χ0) is 15.7. The van der Waals surface area contributed by atoms with Gasteiger partial charge in [-0.05, 0) is 32.6 Å². The van der Waals surface area contributed by atoms with Gasteiger partial charge in [0.25, 0.3) is 0 Å². The first kappa shape index (κ1) is 18.3. The van der Waals surface area contributed by atoms with Gasteiger partial charge in [-0.15, -0.1) is 0 Å². The van der Waals surface area contributed by atoms with Crippen LogP contribution in [0.25, 0.3) is 0 Å². The summed E-state index contributed by atoms with van der Waals surface area (Å²) in [5.74, 6) is 1.61. The van der Waals surface area contributed by atoms with E-state index in [0.717, 1.165) is 25.3 Å². The van der Waals surface area contributed by atoms with E-state index in [1.807, 2.05) is 6.92 Å². The first-order chi connectivity index (χ1) is 9.96. The first-order valence-electron chi connectivity index (χ1n) is 8.22. The van der Waals surface area contributed by atoms with Crippen LogP contribution in [-0.2, 0) is 9.84 Å². The van der Waals surface area contributed by atoms with Crippen LogP contribution in [0.5, 0.6) is 0 Å². The van der Waals surface area contributed by atoms with Crippen LogP contribution in [0.2, 0.25) is 0 Å². The molecule has 0 aromatic rings. The van der Waals surface area contributed by atoms with Crippen molar-refractivity contribution < 1.29 is 8.42 Å². The Morgan fingerprint density at radius 2 is 2.10 bits per heavy atom. The summed E-state index contributed by atoms with van der Waals surface area (Å²) in [6.07, 6.45) is 5.61. The second-order valence-electron chi connectivity index (χ2n) is 6.03. The van der Waals surface area contributed by atoms with E-state index in [1.54, 1.807) is 0 Å². The van der Waals surface area contributed by atoms with Crippen molar-refractivity contribution in [3.8, 4) is 0 Å². The van der Waals surface area contributed by atoms with Crippen molar-refractivity contribution in [3.63, 3.8) is 0 Å². The van der Waals surface area contributed by atoms with Gasteiger partial charge in [-0.3, -0.25) is 4.99 Å². The van der Waals surface area contributed by atoms with Crippen LogP contribution in [0, 0.1) is 5.92 Å². The van der Waals surface area contributed by atoms with E-state index in [4.69, 9.17) is 0 Å². The van der Waals surface area contributed by atoms with Crippen LogP contribution in [0.1, 0.15) is 52.9 Å². The highest BCUT2D eigenvalue weighted by molar-refractivity contribution is 7.91. The van der Waals surface area contributed by atoms with Crippen LogP contribution >= 0.6 is 0 Å². The fourth-order valence-electron chi connectivity index (χ4n) is 2.56. The first-order valence-corrected chi connectivity index (χ1v) is 10.0. The Labute approximate surface area is 129 Å². The Kier molecular flexibility index (Phi) is 8.07. The van der Waals surface area contributed by atoms with E-state index in [1.165, 1.54) is 19.3 Å². The second kappa shape index (κ2) is 9.28. The van der Waals surface area contributed by atoms with Gasteiger partial charge in [0.1, 0.15) is 0 Å². The van der Waals surface area contributed by atoms with E-state index in [9.17, 15) is 8.42 Å². The molecule has 2 unspecified atom stereocenters. The smallest absolute Gasteiger partial charge is 0.191 e. The highest BCUT2D eigenvalue weighted by Crippen LogP contribution is 2.18. The van der Waals surface area contributed by atoms with Gasteiger partial charge in [0.05, 0.1) is 11.5 Å². The molecule has 1 aliphatic rings. The van der Waals surface area contributed by atoms with E-state index >= 15 is 0 Å². The number of nitrogens with zero attached hydrogens (tertiary/aromatic N) is 1. The summed E-state index contributed by atoms with van der Waals surface area (Å²) in [5.41, 5.74) is 0. The van der Waals surface area contributed by atoms with Crippen LogP contribution in [0.4, 0.5) is 0 Å². The third-order valence-corrected chi connectivity index (χ3v) is 5.64. The maximum Gasteiger partial charge on any atom is 0.191 e. The van der Waals surface area contributed by atoms with Gasteiger partial charge in [0, 0.05) is 19.1 Å². The van der Waals surface area contributed by atoms with Crippen molar-refractivity contribution in [2.24, 2.45) is 10.9 Å². The van der Waals surface area contributed by atoms with E-state index in [0.29, 0.717) is 24.1 Å². The molecule has 1 fully saturated rings. The minimum absolute atomic E-state index is 0.181. The minimum atomic E-state index is -2.80. The maximum atomic E-state index is 11.5. The lowest BCUT2D eigenvalue weighted by molar-refractivity contribution is 0.542. The summed E-state index contributed by atoms with van der Waals surface area (Å²) in [4.78, 5) is 4.56. The molecule has 124 valence electrons. The zero-order valence-corrected chi connectivity index (χ0v) is 14.5. The van der Waals surface area contributed by atoms with Crippen molar-refractivity contribution in [2.45, 2.75) is 58.9 Å². The fourth-order valence-corrected chi connectivity index (χ4v) is 4.41. The van der Waals surface area contributed by atoms with E-state index in [2.05, 4.69) is 29.5 Å². The SMILES string of the molecule is CCCCCC(C)NC(=NCC1CCS(=O)(=O)C1)NCC. The van der Waals surface area contributed by atoms with Crippen LogP contribution in [-0.4, -0.2) is 45.0 Å². The third-order valence-electron chi connectivity index (χ3n) is 3.80. The molecule has 6 heteroatoms. The Balaban J connectivity index is 2.42. The average molecular weight is 317 g/mol. The number of aliphatic imine (C=N–C) groups is 1. The highest BCUT2D eigenvalue weighted by atomic mass is 32.2. The van der Waals surface area contributed by atoms with Crippen LogP contribution < -0.4 is 10.6 Å². The predicted molar refractivity (Wildman–Crippen MR) is 89.5 cm³/mol. The number of unbranched alkanes of at least 4 members (excludes halogenated alkanes) is 2. The van der Waals surface area contributed by atoms with Gasteiger partial charge < -0.3 is 10.6 Å².